The summed E-state index contributed by atoms with van der Waals surface area (Å²) in [7, 11) is 0. The lowest BCUT2D eigenvalue weighted by Crippen LogP contribution is -2.30. The smallest absolute Gasteiger partial charge is 0.325 e. The van der Waals surface area contributed by atoms with Gasteiger partial charge >= 0.3 is 6.18 Å². The number of rotatable bonds is 3. The molecule has 1 fully saturated rings. The largest absolute Gasteiger partial charge is 0.416 e. The minimum absolute atomic E-state index is 0.193. The molecule has 1 heterocycles. The van der Waals surface area contributed by atoms with E-state index in [1.165, 1.54) is 12.1 Å². The zero-order valence-corrected chi connectivity index (χ0v) is 10.3. The van der Waals surface area contributed by atoms with Gasteiger partial charge in [-0.05, 0) is 50.2 Å². The fourth-order valence-electron chi connectivity index (χ4n) is 2.09. The van der Waals surface area contributed by atoms with Gasteiger partial charge in [0.2, 0.25) is 5.91 Å². The molecule has 6 heteroatoms. The summed E-state index contributed by atoms with van der Waals surface area (Å²) in [5, 5.41) is 2.60. The Kier molecular flexibility index (Phi) is 4.09. The molecular formula is C13H15F3N2O. The van der Waals surface area contributed by atoms with E-state index in [4.69, 9.17) is 0 Å². The summed E-state index contributed by atoms with van der Waals surface area (Å²) in [5.41, 5.74) is -0.331. The summed E-state index contributed by atoms with van der Waals surface area (Å²) < 4.78 is 37.1. The molecule has 1 amide bonds. The Morgan fingerprint density at radius 1 is 1.16 bits per heavy atom. The lowest BCUT2D eigenvalue weighted by molar-refractivity contribution is -0.137. The van der Waals surface area contributed by atoms with Gasteiger partial charge < -0.3 is 5.32 Å². The summed E-state index contributed by atoms with van der Waals surface area (Å²) in [6.07, 6.45) is -2.17. The first-order valence-corrected chi connectivity index (χ1v) is 6.14. The Labute approximate surface area is 109 Å². The zero-order chi connectivity index (χ0) is 13.9. The Morgan fingerprint density at radius 2 is 1.74 bits per heavy atom. The highest BCUT2D eigenvalue weighted by Gasteiger charge is 2.30. The molecule has 0 bridgehead atoms. The van der Waals surface area contributed by atoms with Crippen molar-refractivity contribution in [2.75, 3.05) is 25.0 Å². The van der Waals surface area contributed by atoms with Crippen LogP contribution in [0.3, 0.4) is 0 Å². The van der Waals surface area contributed by atoms with E-state index in [0.717, 1.165) is 38.1 Å². The highest BCUT2D eigenvalue weighted by Crippen LogP contribution is 2.29. The molecule has 1 aromatic carbocycles. The Balaban J connectivity index is 1.90. The van der Waals surface area contributed by atoms with Gasteiger partial charge in [0.05, 0.1) is 12.1 Å². The van der Waals surface area contributed by atoms with Gasteiger partial charge in [0, 0.05) is 5.69 Å². The van der Waals surface area contributed by atoms with Crippen LogP contribution in [0.15, 0.2) is 24.3 Å². The first kappa shape index (κ1) is 13.9. The second-order valence-electron chi connectivity index (χ2n) is 4.61. The molecular weight excluding hydrogens is 257 g/mol. The van der Waals surface area contributed by atoms with Crippen LogP contribution < -0.4 is 5.32 Å². The van der Waals surface area contributed by atoms with Gasteiger partial charge in [-0.25, -0.2) is 0 Å². The number of carbonyl (C=O) groups excluding carboxylic acids is 1. The number of nitrogens with one attached hydrogen (secondary N) is 1. The third kappa shape index (κ3) is 3.96. The van der Waals surface area contributed by atoms with Crippen molar-refractivity contribution in [3.8, 4) is 0 Å². The molecule has 19 heavy (non-hydrogen) atoms. The van der Waals surface area contributed by atoms with Gasteiger partial charge in [0.25, 0.3) is 0 Å². The van der Waals surface area contributed by atoms with Crippen LogP contribution in [-0.2, 0) is 11.0 Å². The molecule has 1 saturated heterocycles. The second-order valence-corrected chi connectivity index (χ2v) is 4.61. The maximum atomic E-state index is 12.4. The van der Waals surface area contributed by atoms with E-state index in [-0.39, 0.29) is 5.91 Å². The van der Waals surface area contributed by atoms with Crippen LogP contribution in [0.4, 0.5) is 18.9 Å². The second kappa shape index (κ2) is 5.61. The number of benzene rings is 1. The predicted molar refractivity (Wildman–Crippen MR) is 65.7 cm³/mol. The third-order valence-electron chi connectivity index (χ3n) is 3.06. The van der Waals surface area contributed by atoms with Gasteiger partial charge in [-0.3, -0.25) is 9.69 Å². The van der Waals surface area contributed by atoms with E-state index in [1.807, 2.05) is 4.90 Å². The fraction of sp³-hybridized carbons (Fsp3) is 0.462. The first-order valence-electron chi connectivity index (χ1n) is 6.14. The van der Waals surface area contributed by atoms with Crippen LogP contribution in [0.5, 0.6) is 0 Å². The molecule has 104 valence electrons. The van der Waals surface area contributed by atoms with Crippen molar-refractivity contribution in [1.82, 2.24) is 4.90 Å². The quantitative estimate of drug-likeness (QED) is 0.917. The summed E-state index contributed by atoms with van der Waals surface area (Å²) in [4.78, 5) is 13.7. The van der Waals surface area contributed by atoms with E-state index in [0.29, 0.717) is 12.2 Å². The molecule has 1 aliphatic rings. The van der Waals surface area contributed by atoms with Gasteiger partial charge in [-0.2, -0.15) is 13.2 Å². The Bertz CT molecular complexity index is 436. The summed E-state index contributed by atoms with van der Waals surface area (Å²) >= 11 is 0. The number of likely N-dealkylation sites (tertiary alicyclic amines) is 1. The number of hydrogen-bond donors (Lipinski definition) is 1. The standard InChI is InChI=1S/C13H15F3N2O/c14-13(15,16)10-3-5-11(6-4-10)17-12(19)9-18-7-1-2-8-18/h3-6H,1-2,7-9H2,(H,17,19). The van der Waals surface area contributed by atoms with Crippen molar-refractivity contribution in [3.63, 3.8) is 0 Å². The SMILES string of the molecule is O=C(CN1CCCC1)Nc1ccc(C(F)(F)F)cc1. The molecule has 0 spiro atoms. The highest BCUT2D eigenvalue weighted by molar-refractivity contribution is 5.92. The molecule has 0 saturated carbocycles. The molecule has 1 aromatic rings. The van der Waals surface area contributed by atoms with Gasteiger partial charge in [0.1, 0.15) is 0 Å². The summed E-state index contributed by atoms with van der Waals surface area (Å²) in [6.45, 7) is 2.10. The van der Waals surface area contributed by atoms with Gasteiger partial charge in [-0.15, -0.1) is 0 Å². The summed E-state index contributed by atoms with van der Waals surface area (Å²) in [6, 6.07) is 4.46. The molecule has 0 radical (unpaired) electrons. The first-order chi connectivity index (χ1) is 8.95. The van der Waals surface area contributed by atoms with Crippen LogP contribution in [0.25, 0.3) is 0 Å². The average molecular weight is 272 g/mol. The summed E-state index contributed by atoms with van der Waals surface area (Å²) in [5.74, 6) is -0.193. The minimum atomic E-state index is -4.35. The number of carbonyl (C=O) groups is 1. The van der Waals surface area contributed by atoms with Crippen LogP contribution in [0, 0.1) is 0 Å². The topological polar surface area (TPSA) is 32.3 Å². The van der Waals surface area contributed by atoms with E-state index in [2.05, 4.69) is 5.32 Å². The lowest BCUT2D eigenvalue weighted by atomic mass is 10.2. The minimum Gasteiger partial charge on any atom is -0.325 e. The molecule has 2 rings (SSSR count). The van der Waals surface area contributed by atoms with Crippen molar-refractivity contribution in [2.45, 2.75) is 19.0 Å². The molecule has 0 unspecified atom stereocenters. The third-order valence-corrected chi connectivity index (χ3v) is 3.06. The van der Waals surface area contributed by atoms with Crippen molar-refractivity contribution in [2.24, 2.45) is 0 Å². The normalized spacial score (nSPS) is 16.6. The maximum Gasteiger partial charge on any atom is 0.416 e. The van der Waals surface area contributed by atoms with Crippen LogP contribution in [0.2, 0.25) is 0 Å². The van der Waals surface area contributed by atoms with Crippen LogP contribution in [-0.4, -0.2) is 30.4 Å². The Morgan fingerprint density at radius 3 is 2.26 bits per heavy atom. The number of halogens is 3. The molecule has 1 N–H and O–H groups in total. The molecule has 1 aliphatic heterocycles. The van der Waals surface area contributed by atoms with Crippen molar-refractivity contribution in [3.05, 3.63) is 29.8 Å². The average Bonchev–Trinajstić information content (AvgIpc) is 2.81. The number of hydrogen-bond acceptors (Lipinski definition) is 2. The zero-order valence-electron chi connectivity index (χ0n) is 10.3. The van der Waals surface area contributed by atoms with E-state index >= 15 is 0 Å². The molecule has 0 aromatic heterocycles. The monoisotopic (exact) mass is 272 g/mol. The van der Waals surface area contributed by atoms with E-state index in [1.54, 1.807) is 0 Å². The van der Waals surface area contributed by atoms with Gasteiger partial charge in [0.15, 0.2) is 0 Å². The number of amides is 1. The molecule has 3 nitrogen and oxygen atoms in total. The van der Waals surface area contributed by atoms with E-state index < -0.39 is 11.7 Å². The number of nitrogens with zero attached hydrogens (tertiary/aromatic N) is 1. The van der Waals surface area contributed by atoms with Crippen LogP contribution in [0.1, 0.15) is 18.4 Å². The number of alkyl halides is 3. The molecule has 0 aliphatic carbocycles. The van der Waals surface area contributed by atoms with Crippen molar-refractivity contribution < 1.29 is 18.0 Å². The number of anilines is 1. The van der Waals surface area contributed by atoms with Crippen molar-refractivity contribution in [1.29, 1.82) is 0 Å². The lowest BCUT2D eigenvalue weighted by Gasteiger charge is -2.14. The maximum absolute atomic E-state index is 12.4. The fourth-order valence-corrected chi connectivity index (χ4v) is 2.09. The van der Waals surface area contributed by atoms with Crippen molar-refractivity contribution >= 4 is 11.6 Å². The van der Waals surface area contributed by atoms with Gasteiger partial charge in [-0.1, -0.05) is 0 Å². The Hall–Kier alpha value is -1.56. The van der Waals surface area contributed by atoms with Crippen LogP contribution >= 0.6 is 0 Å². The highest BCUT2D eigenvalue weighted by atomic mass is 19.4. The molecule has 0 atom stereocenters. The predicted octanol–water partition coefficient (Wildman–Crippen LogP) is 2.74. The van der Waals surface area contributed by atoms with E-state index in [9.17, 15) is 18.0 Å².